The van der Waals surface area contributed by atoms with Crippen molar-refractivity contribution in [1.82, 2.24) is 4.98 Å². The van der Waals surface area contributed by atoms with Gasteiger partial charge in [-0.25, -0.2) is 0 Å². The van der Waals surface area contributed by atoms with Crippen LogP contribution < -0.4 is 5.59 Å². The molecule has 0 unspecified atom stereocenters. The van der Waals surface area contributed by atoms with Gasteiger partial charge in [0.25, 0.3) is 0 Å². The van der Waals surface area contributed by atoms with Crippen LogP contribution in [0.25, 0.3) is 33.2 Å². The lowest BCUT2D eigenvalue weighted by atomic mass is 9.81. The summed E-state index contributed by atoms with van der Waals surface area (Å²) in [5.41, 5.74) is 10.2. The SMILES string of the molecule is Bc1cc2cc(C)ccc2c(-c2ccc3c(c2)C(C)(C)c2ccccc2-3)n1. The average Bonchev–Trinajstić information content (AvgIpc) is 2.88. The number of hydrogen-bond donors (Lipinski definition) is 0. The number of benzene rings is 3. The molecule has 0 saturated carbocycles. The normalized spacial score (nSPS) is 14.2. The van der Waals surface area contributed by atoms with E-state index in [0.717, 1.165) is 11.3 Å². The first-order chi connectivity index (χ1) is 12.9. The molecule has 4 aromatic rings. The van der Waals surface area contributed by atoms with Crippen molar-refractivity contribution >= 4 is 24.2 Å². The minimum atomic E-state index is 0.0121. The molecule has 5 rings (SSSR count). The van der Waals surface area contributed by atoms with Crippen LogP contribution in [0.15, 0.2) is 66.7 Å². The van der Waals surface area contributed by atoms with Crippen molar-refractivity contribution in [1.29, 1.82) is 0 Å². The summed E-state index contributed by atoms with van der Waals surface area (Å²) in [6, 6.07) is 24.5. The molecule has 0 aliphatic heterocycles. The zero-order valence-corrected chi connectivity index (χ0v) is 16.3. The molecule has 1 aliphatic rings. The Hall–Kier alpha value is -2.87. The van der Waals surface area contributed by atoms with Crippen LogP contribution >= 0.6 is 0 Å². The van der Waals surface area contributed by atoms with E-state index >= 15 is 0 Å². The maximum atomic E-state index is 4.92. The van der Waals surface area contributed by atoms with Crippen molar-refractivity contribution in [3.63, 3.8) is 0 Å². The third kappa shape index (κ3) is 2.36. The lowest BCUT2D eigenvalue weighted by Crippen LogP contribution is -2.15. The zero-order valence-electron chi connectivity index (χ0n) is 16.3. The number of pyridine rings is 1. The second-order valence-electron chi connectivity index (χ2n) is 8.27. The molecule has 0 fully saturated rings. The van der Waals surface area contributed by atoms with Gasteiger partial charge in [-0.3, -0.25) is 4.98 Å². The summed E-state index contributed by atoms with van der Waals surface area (Å²) in [5, 5.41) is 2.49. The summed E-state index contributed by atoms with van der Waals surface area (Å²) in [6.07, 6.45) is 0. The minimum Gasteiger partial charge on any atom is -0.263 e. The van der Waals surface area contributed by atoms with E-state index in [0.29, 0.717) is 0 Å². The fourth-order valence-corrected chi connectivity index (χ4v) is 4.58. The molecule has 0 radical (unpaired) electrons. The minimum absolute atomic E-state index is 0.0121. The molecule has 0 saturated heterocycles. The molecule has 1 aromatic heterocycles. The van der Waals surface area contributed by atoms with E-state index in [1.54, 1.807) is 0 Å². The molecule has 0 spiro atoms. The number of aromatic nitrogens is 1. The molecule has 0 atom stereocenters. The molecule has 3 aromatic carbocycles. The van der Waals surface area contributed by atoms with E-state index < -0.39 is 0 Å². The van der Waals surface area contributed by atoms with Crippen LogP contribution in [0.3, 0.4) is 0 Å². The van der Waals surface area contributed by atoms with E-state index in [-0.39, 0.29) is 5.41 Å². The zero-order chi connectivity index (χ0) is 18.8. The summed E-state index contributed by atoms with van der Waals surface area (Å²) < 4.78 is 0. The summed E-state index contributed by atoms with van der Waals surface area (Å²) in [6.45, 7) is 6.79. The van der Waals surface area contributed by atoms with Crippen molar-refractivity contribution in [2.45, 2.75) is 26.2 Å². The van der Waals surface area contributed by atoms with Crippen LogP contribution in [0.5, 0.6) is 0 Å². The van der Waals surface area contributed by atoms with Gasteiger partial charge in [0, 0.05) is 16.4 Å². The Morgan fingerprint density at radius 2 is 1.59 bits per heavy atom. The highest BCUT2D eigenvalue weighted by Gasteiger charge is 2.35. The molecule has 0 amide bonds. The third-order valence-corrected chi connectivity index (χ3v) is 5.97. The lowest BCUT2D eigenvalue weighted by molar-refractivity contribution is 0.660. The Kier molecular flexibility index (Phi) is 3.36. The topological polar surface area (TPSA) is 12.9 Å². The largest absolute Gasteiger partial charge is 0.263 e. The fraction of sp³-hybridized carbons (Fsp3) is 0.160. The van der Waals surface area contributed by atoms with Crippen LogP contribution in [0.1, 0.15) is 30.5 Å². The predicted molar refractivity (Wildman–Crippen MR) is 118 cm³/mol. The first kappa shape index (κ1) is 16.3. The van der Waals surface area contributed by atoms with Gasteiger partial charge in [0.15, 0.2) is 7.85 Å². The quantitative estimate of drug-likeness (QED) is 0.452. The fourth-order valence-electron chi connectivity index (χ4n) is 4.58. The smallest absolute Gasteiger partial charge is 0.163 e. The first-order valence-corrected chi connectivity index (χ1v) is 9.58. The van der Waals surface area contributed by atoms with Gasteiger partial charge in [0.1, 0.15) is 0 Å². The van der Waals surface area contributed by atoms with E-state index in [1.807, 2.05) is 0 Å². The Labute approximate surface area is 161 Å². The highest BCUT2D eigenvalue weighted by molar-refractivity contribution is 6.32. The van der Waals surface area contributed by atoms with Crippen molar-refractivity contribution in [2.75, 3.05) is 0 Å². The summed E-state index contributed by atoms with van der Waals surface area (Å²) in [7, 11) is 2.08. The van der Waals surface area contributed by atoms with Gasteiger partial charge in [-0.2, -0.15) is 0 Å². The van der Waals surface area contributed by atoms with Crippen molar-refractivity contribution in [3.8, 4) is 22.4 Å². The number of aryl methyl sites for hydroxylation is 1. The van der Waals surface area contributed by atoms with Gasteiger partial charge in [-0.05, 0) is 52.3 Å². The average molecular weight is 347 g/mol. The third-order valence-electron chi connectivity index (χ3n) is 5.97. The molecule has 0 bridgehead atoms. The van der Waals surface area contributed by atoms with Gasteiger partial charge < -0.3 is 0 Å². The predicted octanol–water partition coefficient (Wildman–Crippen LogP) is 4.77. The van der Waals surface area contributed by atoms with Crippen LogP contribution in [0.2, 0.25) is 0 Å². The summed E-state index contributed by atoms with van der Waals surface area (Å²) in [4.78, 5) is 4.92. The van der Waals surface area contributed by atoms with Gasteiger partial charge in [-0.1, -0.05) is 74.0 Å². The Morgan fingerprint density at radius 3 is 2.44 bits per heavy atom. The van der Waals surface area contributed by atoms with Crippen molar-refractivity contribution < 1.29 is 0 Å². The molecule has 1 aliphatic carbocycles. The highest BCUT2D eigenvalue weighted by atomic mass is 14.7. The standard InChI is InChI=1S/C25H22BN/c1-15-8-10-18-17(12-15)14-23(26)27-24(18)16-9-11-20-19-6-4-5-7-21(19)25(2,3)22(20)13-16/h4-14H,26H2,1-3H3. The van der Waals surface area contributed by atoms with Gasteiger partial charge >= 0.3 is 0 Å². The Bertz CT molecular complexity index is 1220. The van der Waals surface area contributed by atoms with E-state index in [4.69, 9.17) is 4.98 Å². The summed E-state index contributed by atoms with van der Waals surface area (Å²) >= 11 is 0. The van der Waals surface area contributed by atoms with Crippen molar-refractivity contribution in [2.24, 2.45) is 0 Å². The maximum Gasteiger partial charge on any atom is 0.163 e. The van der Waals surface area contributed by atoms with E-state index in [1.165, 1.54) is 44.2 Å². The molecule has 2 heteroatoms. The van der Waals surface area contributed by atoms with Crippen LogP contribution in [-0.2, 0) is 5.41 Å². The van der Waals surface area contributed by atoms with Crippen molar-refractivity contribution in [3.05, 3.63) is 83.4 Å². The van der Waals surface area contributed by atoms with Crippen LogP contribution in [0.4, 0.5) is 0 Å². The molecule has 0 N–H and O–H groups in total. The van der Waals surface area contributed by atoms with E-state index in [2.05, 4.69) is 95.3 Å². The number of fused-ring (bicyclic) bond motifs is 4. The molecular weight excluding hydrogens is 325 g/mol. The van der Waals surface area contributed by atoms with Crippen LogP contribution in [0, 0.1) is 6.92 Å². The van der Waals surface area contributed by atoms with Crippen LogP contribution in [-0.4, -0.2) is 12.8 Å². The second-order valence-corrected chi connectivity index (χ2v) is 8.27. The van der Waals surface area contributed by atoms with Gasteiger partial charge in [-0.15, -0.1) is 0 Å². The lowest BCUT2D eigenvalue weighted by Gasteiger charge is -2.22. The van der Waals surface area contributed by atoms with Gasteiger partial charge in [0.05, 0.1) is 5.69 Å². The summed E-state index contributed by atoms with van der Waals surface area (Å²) in [5.74, 6) is 0. The van der Waals surface area contributed by atoms with E-state index in [9.17, 15) is 0 Å². The Morgan fingerprint density at radius 1 is 0.815 bits per heavy atom. The molecule has 27 heavy (non-hydrogen) atoms. The molecular formula is C25H22BN. The maximum absolute atomic E-state index is 4.92. The van der Waals surface area contributed by atoms with Gasteiger partial charge in [0.2, 0.25) is 0 Å². The highest BCUT2D eigenvalue weighted by Crippen LogP contribution is 2.49. The molecule has 1 heterocycles. The monoisotopic (exact) mass is 347 g/mol. The second kappa shape index (κ2) is 5.56. The number of hydrogen-bond acceptors (Lipinski definition) is 1. The number of nitrogens with zero attached hydrogens (tertiary/aromatic N) is 1. The molecule has 130 valence electrons. The first-order valence-electron chi connectivity index (χ1n) is 9.58. The molecule has 1 nitrogen and oxygen atoms in total. The number of rotatable bonds is 1. The Balaban J connectivity index is 1.77.